The van der Waals surface area contributed by atoms with Crippen molar-refractivity contribution in [2.45, 2.75) is 25.4 Å². The van der Waals surface area contributed by atoms with Crippen LogP contribution in [0, 0.1) is 0 Å². The number of rotatable bonds is 3. The van der Waals surface area contributed by atoms with Crippen molar-refractivity contribution >= 4 is 23.0 Å². The van der Waals surface area contributed by atoms with Crippen LogP contribution in [0.3, 0.4) is 0 Å². The summed E-state index contributed by atoms with van der Waals surface area (Å²) < 4.78 is 10.4. The van der Waals surface area contributed by atoms with Gasteiger partial charge in [0.05, 0.1) is 17.6 Å². The summed E-state index contributed by atoms with van der Waals surface area (Å²) in [5.41, 5.74) is 3.41. The van der Waals surface area contributed by atoms with Crippen LogP contribution in [0.5, 0.6) is 0 Å². The molecule has 1 N–H and O–H groups in total. The predicted octanol–water partition coefficient (Wildman–Crippen LogP) is 1.99. The maximum absolute atomic E-state index is 12.6. The van der Waals surface area contributed by atoms with E-state index >= 15 is 0 Å². The highest BCUT2D eigenvalue weighted by Gasteiger charge is 2.27. The molecule has 0 spiro atoms. The van der Waals surface area contributed by atoms with Gasteiger partial charge in [0.15, 0.2) is 6.10 Å². The fourth-order valence-electron chi connectivity index (χ4n) is 3.21. The Morgan fingerprint density at radius 3 is 3.04 bits per heavy atom. The zero-order valence-electron chi connectivity index (χ0n) is 12.5. The molecule has 1 aliphatic heterocycles. The lowest BCUT2D eigenvalue weighted by atomic mass is 10.0. The molecular weight excluding hydrogens is 296 g/mol. The molecule has 0 bridgehead atoms. The van der Waals surface area contributed by atoms with E-state index < -0.39 is 12.2 Å². The van der Waals surface area contributed by atoms with Gasteiger partial charge in [-0.15, -0.1) is 0 Å². The average Bonchev–Trinajstić information content (AvgIpc) is 3.18. The molecule has 1 amide bonds. The lowest BCUT2D eigenvalue weighted by Crippen LogP contribution is -2.23. The summed E-state index contributed by atoms with van der Waals surface area (Å²) in [6.45, 7) is 0.421. The number of alkyl carbamates (subject to hydrolysis) is 1. The Labute approximate surface area is 132 Å². The number of ether oxygens (including phenoxy) is 2. The monoisotopic (exact) mass is 312 g/mol. The third kappa shape index (κ3) is 2.50. The van der Waals surface area contributed by atoms with Crippen molar-refractivity contribution < 1.29 is 19.1 Å². The normalized spacial score (nSPS) is 19.3. The Bertz CT molecular complexity index is 803. The van der Waals surface area contributed by atoms with Gasteiger partial charge in [0, 0.05) is 11.1 Å². The van der Waals surface area contributed by atoms with Crippen LogP contribution in [0.25, 0.3) is 10.9 Å². The number of hydrogen-bond donors (Lipinski definition) is 1. The van der Waals surface area contributed by atoms with Crippen molar-refractivity contribution in [3.63, 3.8) is 0 Å². The third-order valence-electron chi connectivity index (χ3n) is 4.27. The van der Waals surface area contributed by atoms with Gasteiger partial charge in [-0.3, -0.25) is 4.98 Å². The number of hydrogen-bond acceptors (Lipinski definition) is 5. The van der Waals surface area contributed by atoms with Gasteiger partial charge in [-0.2, -0.15) is 0 Å². The third-order valence-corrected chi connectivity index (χ3v) is 4.27. The van der Waals surface area contributed by atoms with Crippen molar-refractivity contribution in [2.24, 2.45) is 0 Å². The first kappa shape index (κ1) is 14.0. The van der Waals surface area contributed by atoms with E-state index in [0.29, 0.717) is 12.1 Å². The van der Waals surface area contributed by atoms with Crippen LogP contribution in [0.2, 0.25) is 0 Å². The van der Waals surface area contributed by atoms with Crippen molar-refractivity contribution in [1.82, 2.24) is 10.3 Å². The van der Waals surface area contributed by atoms with Gasteiger partial charge in [0.2, 0.25) is 0 Å². The number of amides is 1. The highest BCUT2D eigenvalue weighted by atomic mass is 16.6. The highest BCUT2D eigenvalue weighted by molar-refractivity contribution is 6.05. The number of esters is 1. The van der Waals surface area contributed by atoms with Crippen LogP contribution in [0.1, 0.15) is 28.0 Å². The number of nitrogens with zero attached hydrogens (tertiary/aromatic N) is 1. The Morgan fingerprint density at radius 2 is 2.22 bits per heavy atom. The zero-order valence-corrected chi connectivity index (χ0v) is 12.5. The minimum absolute atomic E-state index is 0.0585. The fraction of sp³-hybridized carbons (Fsp3) is 0.353. The Kier molecular flexibility index (Phi) is 3.37. The summed E-state index contributed by atoms with van der Waals surface area (Å²) in [5, 5.41) is 3.36. The van der Waals surface area contributed by atoms with E-state index in [1.54, 1.807) is 0 Å². The van der Waals surface area contributed by atoms with E-state index in [1.165, 1.54) is 0 Å². The molecule has 1 aliphatic carbocycles. The van der Waals surface area contributed by atoms with Gasteiger partial charge in [-0.05, 0) is 30.9 Å². The summed E-state index contributed by atoms with van der Waals surface area (Å²) in [7, 11) is 0. The molecule has 4 rings (SSSR count). The molecule has 6 nitrogen and oxygen atoms in total. The number of benzene rings is 1. The molecule has 118 valence electrons. The predicted molar refractivity (Wildman–Crippen MR) is 82.3 cm³/mol. The lowest BCUT2D eigenvalue weighted by Gasteiger charge is -2.13. The molecule has 0 saturated carbocycles. The highest BCUT2D eigenvalue weighted by Crippen LogP contribution is 2.30. The number of cyclic esters (lactones) is 1. The average molecular weight is 312 g/mol. The van der Waals surface area contributed by atoms with Crippen LogP contribution in [0.15, 0.2) is 24.3 Å². The van der Waals surface area contributed by atoms with Crippen molar-refractivity contribution in [3.8, 4) is 0 Å². The quantitative estimate of drug-likeness (QED) is 0.877. The van der Waals surface area contributed by atoms with Crippen LogP contribution < -0.4 is 5.32 Å². The van der Waals surface area contributed by atoms with E-state index in [1.807, 2.05) is 24.3 Å². The number of aromatic nitrogens is 1. The lowest BCUT2D eigenvalue weighted by molar-refractivity contribution is 0.0301. The fourth-order valence-corrected chi connectivity index (χ4v) is 3.21. The molecule has 2 heterocycles. The molecule has 2 aromatic rings. The number of nitrogens with one attached hydrogen (secondary N) is 1. The van der Waals surface area contributed by atoms with E-state index in [0.717, 1.165) is 41.4 Å². The molecule has 0 radical (unpaired) electrons. The number of para-hydroxylation sites is 1. The SMILES string of the molecule is O=C1NC[C@@H](COC(=O)c2c3c(nc4ccccc24)CCC3)O1. The number of carbonyl (C=O) groups is 2. The molecule has 1 aromatic carbocycles. The molecule has 2 aliphatic rings. The minimum Gasteiger partial charge on any atom is -0.458 e. The minimum atomic E-state index is -0.471. The molecule has 1 atom stereocenters. The Hall–Kier alpha value is -2.63. The first-order chi connectivity index (χ1) is 11.2. The number of pyridine rings is 1. The van der Waals surface area contributed by atoms with Crippen molar-refractivity contribution in [1.29, 1.82) is 0 Å². The Morgan fingerprint density at radius 1 is 1.35 bits per heavy atom. The first-order valence-corrected chi connectivity index (χ1v) is 7.74. The van der Waals surface area contributed by atoms with E-state index in [4.69, 9.17) is 9.47 Å². The summed E-state index contributed by atoms with van der Waals surface area (Å²) in [4.78, 5) is 28.3. The van der Waals surface area contributed by atoms with Crippen LogP contribution >= 0.6 is 0 Å². The summed E-state index contributed by atoms with van der Waals surface area (Å²) in [6, 6.07) is 7.61. The van der Waals surface area contributed by atoms with E-state index in [9.17, 15) is 9.59 Å². The molecule has 6 heteroatoms. The van der Waals surface area contributed by atoms with Crippen molar-refractivity contribution in [2.75, 3.05) is 13.2 Å². The molecule has 1 fully saturated rings. The summed E-state index contributed by atoms with van der Waals surface area (Å²) in [6.07, 6.45) is 1.85. The number of aryl methyl sites for hydroxylation is 1. The molecule has 1 saturated heterocycles. The van der Waals surface area contributed by atoms with E-state index in [-0.39, 0.29) is 12.6 Å². The maximum Gasteiger partial charge on any atom is 0.407 e. The second-order valence-electron chi connectivity index (χ2n) is 5.79. The number of fused-ring (bicyclic) bond motifs is 2. The van der Waals surface area contributed by atoms with Gasteiger partial charge in [0.1, 0.15) is 6.61 Å². The standard InChI is InChI=1S/C17H16N2O4/c20-16(22-9-10-8-18-17(21)23-10)15-11-4-1-2-6-13(11)19-14-7-3-5-12(14)15/h1-2,4,6,10H,3,5,7-9H2,(H,18,21)/t10-/m0/s1. The van der Waals surface area contributed by atoms with Crippen LogP contribution in [-0.2, 0) is 22.3 Å². The van der Waals surface area contributed by atoms with Crippen LogP contribution in [-0.4, -0.2) is 36.3 Å². The van der Waals surface area contributed by atoms with Crippen molar-refractivity contribution in [3.05, 3.63) is 41.1 Å². The molecular formula is C17H16N2O4. The molecule has 0 unspecified atom stereocenters. The van der Waals surface area contributed by atoms with Gasteiger partial charge in [0.25, 0.3) is 0 Å². The van der Waals surface area contributed by atoms with Crippen LogP contribution in [0.4, 0.5) is 4.79 Å². The summed E-state index contributed by atoms with van der Waals surface area (Å²) in [5.74, 6) is -0.371. The second kappa shape index (κ2) is 5.53. The number of carbonyl (C=O) groups excluding carboxylic acids is 2. The Balaban J connectivity index is 1.64. The zero-order chi connectivity index (χ0) is 15.8. The smallest absolute Gasteiger partial charge is 0.407 e. The maximum atomic E-state index is 12.6. The van der Waals surface area contributed by atoms with E-state index in [2.05, 4.69) is 10.3 Å². The molecule has 1 aromatic heterocycles. The molecule has 23 heavy (non-hydrogen) atoms. The first-order valence-electron chi connectivity index (χ1n) is 7.74. The topological polar surface area (TPSA) is 77.5 Å². The second-order valence-corrected chi connectivity index (χ2v) is 5.79. The van der Waals surface area contributed by atoms with Gasteiger partial charge >= 0.3 is 12.1 Å². The van der Waals surface area contributed by atoms with Gasteiger partial charge in [-0.25, -0.2) is 9.59 Å². The van der Waals surface area contributed by atoms with Gasteiger partial charge < -0.3 is 14.8 Å². The van der Waals surface area contributed by atoms with Gasteiger partial charge in [-0.1, -0.05) is 18.2 Å². The summed E-state index contributed by atoms with van der Waals surface area (Å²) >= 11 is 0. The largest absolute Gasteiger partial charge is 0.458 e.